The Balaban J connectivity index is 1.86. The molecular formula is C16H19N5O. The molecule has 0 aliphatic heterocycles. The molecule has 0 spiro atoms. The molecule has 0 fully saturated rings. The van der Waals surface area contributed by atoms with Crippen LogP contribution in [0.25, 0.3) is 11.1 Å². The van der Waals surface area contributed by atoms with Crippen molar-refractivity contribution in [1.29, 1.82) is 0 Å². The largest absolute Gasteiger partial charge is 0.366 e. The normalized spacial score (nSPS) is 12.5. The van der Waals surface area contributed by atoms with E-state index < -0.39 is 0 Å². The number of pyridine rings is 1. The van der Waals surface area contributed by atoms with Gasteiger partial charge in [-0.3, -0.25) is 4.98 Å². The number of aromatic nitrogens is 4. The first-order chi connectivity index (χ1) is 10.5. The van der Waals surface area contributed by atoms with Crippen LogP contribution < -0.4 is 5.32 Å². The summed E-state index contributed by atoms with van der Waals surface area (Å²) in [5.41, 5.74) is 3.60. The fraction of sp³-hybridized carbons (Fsp3) is 0.375. The molecule has 6 nitrogen and oxygen atoms in total. The lowest BCUT2D eigenvalue weighted by atomic mass is 10.1. The molecule has 3 aromatic heterocycles. The first-order valence-corrected chi connectivity index (χ1v) is 7.32. The van der Waals surface area contributed by atoms with Crippen molar-refractivity contribution in [2.24, 2.45) is 0 Å². The number of fused-ring (bicyclic) bond motifs is 1. The fourth-order valence-electron chi connectivity index (χ4n) is 2.51. The minimum absolute atomic E-state index is 0.181. The van der Waals surface area contributed by atoms with Crippen LogP contribution in [0, 0.1) is 20.8 Å². The van der Waals surface area contributed by atoms with Gasteiger partial charge in [0.1, 0.15) is 17.0 Å². The second kappa shape index (κ2) is 5.71. The van der Waals surface area contributed by atoms with E-state index in [9.17, 15) is 0 Å². The summed E-state index contributed by atoms with van der Waals surface area (Å²) in [6.45, 7) is 7.92. The molecule has 0 saturated carbocycles. The molecule has 0 saturated heterocycles. The molecule has 0 aliphatic carbocycles. The van der Waals surface area contributed by atoms with Gasteiger partial charge in [-0.2, -0.15) is 4.98 Å². The van der Waals surface area contributed by atoms with Gasteiger partial charge in [-0.15, -0.1) is 0 Å². The highest BCUT2D eigenvalue weighted by molar-refractivity contribution is 5.87. The number of hydrogen-bond acceptors (Lipinski definition) is 6. The van der Waals surface area contributed by atoms with Gasteiger partial charge in [0.05, 0.1) is 5.69 Å². The minimum atomic E-state index is 0.181. The predicted molar refractivity (Wildman–Crippen MR) is 84.8 cm³/mol. The minimum Gasteiger partial charge on any atom is -0.366 e. The summed E-state index contributed by atoms with van der Waals surface area (Å²) in [7, 11) is 0. The molecule has 0 radical (unpaired) electrons. The highest BCUT2D eigenvalue weighted by Gasteiger charge is 2.16. The molecule has 3 heterocycles. The molecule has 0 aliphatic rings. The summed E-state index contributed by atoms with van der Waals surface area (Å²) >= 11 is 0. The van der Waals surface area contributed by atoms with E-state index >= 15 is 0 Å². The molecule has 22 heavy (non-hydrogen) atoms. The maximum Gasteiger partial charge on any atom is 0.263 e. The standard InChI is InChI=1S/C16H19N5O/c1-9-6-5-7-17-13(9)8-10(2)18-15-14-11(3)21-22-16(14)20-12(4)19-15/h5-7,10H,8H2,1-4H3,(H,18,19,20)/t10-/m0/s1. The van der Waals surface area contributed by atoms with Crippen molar-refractivity contribution in [3.05, 3.63) is 41.1 Å². The van der Waals surface area contributed by atoms with E-state index in [2.05, 4.69) is 45.3 Å². The molecule has 3 aromatic rings. The third-order valence-corrected chi connectivity index (χ3v) is 3.62. The first kappa shape index (κ1) is 14.4. The van der Waals surface area contributed by atoms with Crippen LogP contribution in [-0.2, 0) is 6.42 Å². The molecule has 1 N–H and O–H groups in total. The average Bonchev–Trinajstić information content (AvgIpc) is 2.82. The summed E-state index contributed by atoms with van der Waals surface area (Å²) < 4.78 is 5.24. The lowest BCUT2D eigenvalue weighted by molar-refractivity contribution is 0.442. The van der Waals surface area contributed by atoms with Crippen LogP contribution in [0.1, 0.15) is 29.7 Å². The average molecular weight is 297 g/mol. The quantitative estimate of drug-likeness (QED) is 0.797. The third kappa shape index (κ3) is 2.77. The molecule has 0 bridgehead atoms. The number of rotatable bonds is 4. The molecule has 0 amide bonds. The van der Waals surface area contributed by atoms with Gasteiger partial charge in [-0.1, -0.05) is 11.2 Å². The lowest BCUT2D eigenvalue weighted by Crippen LogP contribution is -2.20. The smallest absolute Gasteiger partial charge is 0.263 e. The van der Waals surface area contributed by atoms with Crippen LogP contribution in [0.3, 0.4) is 0 Å². The number of nitrogens with zero attached hydrogens (tertiary/aromatic N) is 4. The van der Waals surface area contributed by atoms with E-state index in [1.807, 2.05) is 26.1 Å². The maximum atomic E-state index is 5.24. The Bertz CT molecular complexity index is 811. The number of anilines is 1. The van der Waals surface area contributed by atoms with E-state index in [4.69, 9.17) is 4.52 Å². The van der Waals surface area contributed by atoms with Gasteiger partial charge in [0.25, 0.3) is 5.71 Å². The topological polar surface area (TPSA) is 76.7 Å². The van der Waals surface area contributed by atoms with Crippen molar-refractivity contribution in [2.75, 3.05) is 5.32 Å². The second-order valence-corrected chi connectivity index (χ2v) is 5.58. The van der Waals surface area contributed by atoms with E-state index in [1.54, 1.807) is 0 Å². The number of nitrogens with one attached hydrogen (secondary N) is 1. The molecular weight excluding hydrogens is 278 g/mol. The van der Waals surface area contributed by atoms with Gasteiger partial charge in [-0.25, -0.2) is 4.98 Å². The zero-order valence-corrected chi connectivity index (χ0v) is 13.2. The maximum absolute atomic E-state index is 5.24. The summed E-state index contributed by atoms with van der Waals surface area (Å²) in [4.78, 5) is 13.2. The zero-order chi connectivity index (χ0) is 15.7. The zero-order valence-electron chi connectivity index (χ0n) is 13.2. The van der Waals surface area contributed by atoms with Gasteiger partial charge >= 0.3 is 0 Å². The van der Waals surface area contributed by atoms with Crippen LogP contribution in [0.2, 0.25) is 0 Å². The van der Waals surface area contributed by atoms with Crippen molar-refractivity contribution >= 4 is 16.9 Å². The van der Waals surface area contributed by atoms with Gasteiger partial charge in [0, 0.05) is 24.4 Å². The third-order valence-electron chi connectivity index (χ3n) is 3.62. The SMILES string of the molecule is Cc1nc(N[C@@H](C)Cc2ncccc2C)c2c(C)noc2n1. The van der Waals surface area contributed by atoms with Gasteiger partial charge in [0.2, 0.25) is 0 Å². The molecule has 6 heteroatoms. The van der Waals surface area contributed by atoms with E-state index in [0.29, 0.717) is 11.5 Å². The van der Waals surface area contributed by atoms with Crippen molar-refractivity contribution in [2.45, 2.75) is 40.2 Å². The van der Waals surface area contributed by atoms with E-state index in [1.165, 1.54) is 5.56 Å². The van der Waals surface area contributed by atoms with Gasteiger partial charge in [0.15, 0.2) is 0 Å². The first-order valence-electron chi connectivity index (χ1n) is 7.32. The predicted octanol–water partition coefficient (Wildman–Crippen LogP) is 2.98. The van der Waals surface area contributed by atoms with Crippen LogP contribution in [0.5, 0.6) is 0 Å². The molecule has 0 unspecified atom stereocenters. The Kier molecular flexibility index (Phi) is 3.75. The van der Waals surface area contributed by atoms with Crippen LogP contribution >= 0.6 is 0 Å². The van der Waals surface area contributed by atoms with Crippen molar-refractivity contribution in [1.82, 2.24) is 20.1 Å². The Hall–Kier alpha value is -2.50. The van der Waals surface area contributed by atoms with E-state index in [0.717, 1.165) is 29.0 Å². The summed E-state index contributed by atoms with van der Waals surface area (Å²) in [5.74, 6) is 1.43. The summed E-state index contributed by atoms with van der Waals surface area (Å²) in [5, 5.41) is 8.25. The Morgan fingerprint density at radius 2 is 2.05 bits per heavy atom. The van der Waals surface area contributed by atoms with E-state index in [-0.39, 0.29) is 6.04 Å². The van der Waals surface area contributed by atoms with Crippen molar-refractivity contribution < 1.29 is 4.52 Å². The molecule has 3 rings (SSSR count). The Morgan fingerprint density at radius 3 is 2.82 bits per heavy atom. The van der Waals surface area contributed by atoms with Crippen molar-refractivity contribution in [3.8, 4) is 0 Å². The molecule has 0 aromatic carbocycles. The lowest BCUT2D eigenvalue weighted by Gasteiger charge is -2.16. The van der Waals surface area contributed by atoms with Gasteiger partial charge in [-0.05, 0) is 39.3 Å². The molecule has 1 atom stereocenters. The Labute approximate surface area is 129 Å². The summed E-state index contributed by atoms with van der Waals surface area (Å²) in [6.07, 6.45) is 2.65. The highest BCUT2D eigenvalue weighted by Crippen LogP contribution is 2.24. The van der Waals surface area contributed by atoms with Crippen LogP contribution in [0.4, 0.5) is 5.82 Å². The highest BCUT2D eigenvalue weighted by atomic mass is 16.5. The van der Waals surface area contributed by atoms with Crippen LogP contribution in [0.15, 0.2) is 22.9 Å². The number of hydrogen-bond donors (Lipinski definition) is 1. The fourth-order valence-corrected chi connectivity index (χ4v) is 2.51. The van der Waals surface area contributed by atoms with Crippen LogP contribution in [-0.4, -0.2) is 26.2 Å². The monoisotopic (exact) mass is 297 g/mol. The Morgan fingerprint density at radius 1 is 1.23 bits per heavy atom. The van der Waals surface area contributed by atoms with Gasteiger partial charge < -0.3 is 9.84 Å². The molecule has 114 valence electrons. The number of aryl methyl sites for hydroxylation is 3. The second-order valence-electron chi connectivity index (χ2n) is 5.58. The summed E-state index contributed by atoms with van der Waals surface area (Å²) in [6, 6.07) is 4.21. The van der Waals surface area contributed by atoms with Crippen molar-refractivity contribution in [3.63, 3.8) is 0 Å².